The van der Waals surface area contributed by atoms with Gasteiger partial charge in [0.25, 0.3) is 0 Å². The maximum Gasteiger partial charge on any atom is 0.168 e. The van der Waals surface area contributed by atoms with Crippen LogP contribution in [0.2, 0.25) is 5.02 Å². The Hall–Kier alpha value is -0.890. The number of carbonyl (C=O) groups is 1. The van der Waals surface area contributed by atoms with Crippen LogP contribution in [0.15, 0.2) is 18.2 Å². The molecular weight excluding hydrogens is 251 g/mol. The van der Waals surface area contributed by atoms with E-state index in [0.29, 0.717) is 16.9 Å². The van der Waals surface area contributed by atoms with Gasteiger partial charge in [0.1, 0.15) is 5.82 Å². The Labute approximate surface area is 112 Å². The summed E-state index contributed by atoms with van der Waals surface area (Å²) in [5.41, 5.74) is 0.186. The Morgan fingerprint density at radius 1 is 1.28 bits per heavy atom. The van der Waals surface area contributed by atoms with E-state index in [2.05, 4.69) is 13.8 Å². The van der Waals surface area contributed by atoms with Crippen LogP contribution in [0.1, 0.15) is 43.5 Å². The van der Waals surface area contributed by atoms with Crippen molar-refractivity contribution in [3.63, 3.8) is 0 Å². The summed E-state index contributed by atoms with van der Waals surface area (Å²) in [6, 6.07) is 4.29. The summed E-state index contributed by atoms with van der Waals surface area (Å²) < 4.78 is 13.7. The van der Waals surface area contributed by atoms with Gasteiger partial charge in [0.2, 0.25) is 0 Å². The van der Waals surface area contributed by atoms with E-state index in [-0.39, 0.29) is 17.3 Å². The smallest absolute Gasteiger partial charge is 0.168 e. The third-order valence-corrected chi connectivity index (χ3v) is 4.40. The molecule has 1 aromatic carbocycles. The van der Waals surface area contributed by atoms with E-state index in [9.17, 15) is 9.18 Å². The first kappa shape index (κ1) is 13.5. The molecule has 0 amide bonds. The van der Waals surface area contributed by atoms with Crippen molar-refractivity contribution < 1.29 is 9.18 Å². The van der Waals surface area contributed by atoms with Crippen LogP contribution in [0.25, 0.3) is 0 Å². The van der Waals surface area contributed by atoms with Crippen molar-refractivity contribution in [3.05, 3.63) is 34.6 Å². The van der Waals surface area contributed by atoms with Crippen molar-refractivity contribution in [2.45, 2.75) is 33.1 Å². The van der Waals surface area contributed by atoms with E-state index >= 15 is 0 Å². The van der Waals surface area contributed by atoms with Crippen LogP contribution in [-0.4, -0.2) is 5.78 Å². The van der Waals surface area contributed by atoms with E-state index in [1.807, 2.05) is 0 Å². The van der Waals surface area contributed by atoms with Gasteiger partial charge in [-0.15, -0.1) is 0 Å². The van der Waals surface area contributed by atoms with Gasteiger partial charge in [-0.3, -0.25) is 4.79 Å². The second-order valence-electron chi connectivity index (χ2n) is 5.45. The van der Waals surface area contributed by atoms with E-state index < -0.39 is 5.82 Å². The van der Waals surface area contributed by atoms with Crippen molar-refractivity contribution in [1.82, 2.24) is 0 Å². The lowest BCUT2D eigenvalue weighted by molar-refractivity contribution is 0.0833. The zero-order valence-electron chi connectivity index (χ0n) is 10.7. The van der Waals surface area contributed by atoms with Crippen LogP contribution in [0, 0.1) is 23.6 Å². The molecule has 3 heteroatoms. The normalized spacial score (nSPS) is 28.1. The van der Waals surface area contributed by atoms with Crippen LogP contribution in [0.3, 0.4) is 0 Å². The summed E-state index contributed by atoms with van der Waals surface area (Å²) in [5, 5.41) is 0.328. The SMILES string of the molecule is CC1CCC(C(=O)c2ccc(Cl)cc2F)CC1C. The Balaban J connectivity index is 2.16. The number of hydrogen-bond acceptors (Lipinski definition) is 1. The molecule has 0 N–H and O–H groups in total. The molecule has 0 bridgehead atoms. The molecular formula is C15H18ClFO. The zero-order valence-corrected chi connectivity index (χ0v) is 11.5. The van der Waals surface area contributed by atoms with Crippen LogP contribution < -0.4 is 0 Å². The number of carbonyl (C=O) groups excluding carboxylic acids is 1. The Morgan fingerprint density at radius 2 is 2.00 bits per heavy atom. The number of benzene rings is 1. The van der Waals surface area contributed by atoms with Crippen molar-refractivity contribution in [2.75, 3.05) is 0 Å². The average molecular weight is 269 g/mol. The second kappa shape index (κ2) is 5.40. The predicted molar refractivity (Wildman–Crippen MR) is 71.4 cm³/mol. The maximum absolute atomic E-state index is 13.7. The molecule has 0 heterocycles. The van der Waals surface area contributed by atoms with Gasteiger partial charge < -0.3 is 0 Å². The molecule has 0 spiro atoms. The van der Waals surface area contributed by atoms with Gasteiger partial charge >= 0.3 is 0 Å². The maximum atomic E-state index is 13.7. The number of halogens is 2. The summed E-state index contributed by atoms with van der Waals surface area (Å²) in [7, 11) is 0. The fourth-order valence-electron chi connectivity index (χ4n) is 2.69. The number of ketones is 1. The minimum atomic E-state index is -0.501. The highest BCUT2D eigenvalue weighted by molar-refractivity contribution is 6.30. The van der Waals surface area contributed by atoms with Gasteiger partial charge in [-0.05, 0) is 49.3 Å². The molecule has 1 aliphatic rings. The van der Waals surface area contributed by atoms with Crippen molar-refractivity contribution in [3.8, 4) is 0 Å². The predicted octanol–water partition coefficient (Wildman–Crippen LogP) is 4.73. The van der Waals surface area contributed by atoms with E-state index in [4.69, 9.17) is 11.6 Å². The molecule has 2 rings (SSSR count). The number of rotatable bonds is 2. The van der Waals surface area contributed by atoms with Gasteiger partial charge in [0.15, 0.2) is 5.78 Å². The van der Waals surface area contributed by atoms with Crippen molar-refractivity contribution in [1.29, 1.82) is 0 Å². The topological polar surface area (TPSA) is 17.1 Å². The first-order valence-electron chi connectivity index (χ1n) is 6.48. The summed E-state index contributed by atoms with van der Waals surface area (Å²) in [5.74, 6) is 0.584. The minimum absolute atomic E-state index is 0.0353. The van der Waals surface area contributed by atoms with E-state index in [1.165, 1.54) is 12.1 Å². The number of hydrogen-bond donors (Lipinski definition) is 0. The molecule has 0 saturated heterocycles. The highest BCUT2D eigenvalue weighted by Crippen LogP contribution is 2.35. The highest BCUT2D eigenvalue weighted by Gasteiger charge is 2.30. The molecule has 18 heavy (non-hydrogen) atoms. The fraction of sp³-hybridized carbons (Fsp3) is 0.533. The van der Waals surface area contributed by atoms with E-state index in [0.717, 1.165) is 19.3 Å². The minimum Gasteiger partial charge on any atom is -0.294 e. The summed E-state index contributed by atoms with van der Waals surface area (Å²) in [4.78, 5) is 12.3. The molecule has 1 aromatic rings. The molecule has 1 nitrogen and oxygen atoms in total. The zero-order chi connectivity index (χ0) is 13.3. The summed E-state index contributed by atoms with van der Waals surface area (Å²) >= 11 is 5.70. The van der Waals surface area contributed by atoms with Gasteiger partial charge in [-0.1, -0.05) is 25.4 Å². The molecule has 1 aliphatic carbocycles. The van der Waals surface area contributed by atoms with Gasteiger partial charge in [-0.2, -0.15) is 0 Å². The standard InChI is InChI=1S/C15H18ClFO/c1-9-3-4-11(7-10(9)2)15(18)13-6-5-12(16)8-14(13)17/h5-6,8-11H,3-4,7H2,1-2H3. The quantitative estimate of drug-likeness (QED) is 0.709. The third kappa shape index (κ3) is 2.74. The second-order valence-corrected chi connectivity index (χ2v) is 5.89. The van der Waals surface area contributed by atoms with Crippen LogP contribution in [0.5, 0.6) is 0 Å². The van der Waals surface area contributed by atoms with Crippen molar-refractivity contribution in [2.24, 2.45) is 17.8 Å². The third-order valence-electron chi connectivity index (χ3n) is 4.17. The molecule has 98 valence electrons. The van der Waals surface area contributed by atoms with Crippen molar-refractivity contribution >= 4 is 17.4 Å². The average Bonchev–Trinajstić information content (AvgIpc) is 2.32. The lowest BCUT2D eigenvalue weighted by Crippen LogP contribution is -2.27. The first-order chi connectivity index (χ1) is 8.49. The molecule has 0 radical (unpaired) electrons. The molecule has 3 unspecified atom stereocenters. The Morgan fingerprint density at radius 3 is 2.61 bits per heavy atom. The van der Waals surface area contributed by atoms with E-state index in [1.54, 1.807) is 6.07 Å². The van der Waals surface area contributed by atoms with Crippen LogP contribution in [-0.2, 0) is 0 Å². The van der Waals surface area contributed by atoms with Gasteiger partial charge in [-0.25, -0.2) is 4.39 Å². The molecule has 1 fully saturated rings. The molecule has 0 aromatic heterocycles. The Bertz CT molecular complexity index is 458. The lowest BCUT2D eigenvalue weighted by Gasteiger charge is -2.31. The number of Topliss-reactive ketones (excluding diaryl/α,β-unsaturated/α-hetero) is 1. The highest BCUT2D eigenvalue weighted by atomic mass is 35.5. The largest absolute Gasteiger partial charge is 0.294 e. The van der Waals surface area contributed by atoms with Crippen LogP contribution in [0.4, 0.5) is 4.39 Å². The lowest BCUT2D eigenvalue weighted by atomic mass is 9.73. The molecule has 3 atom stereocenters. The first-order valence-corrected chi connectivity index (χ1v) is 6.86. The van der Waals surface area contributed by atoms with Gasteiger partial charge in [0, 0.05) is 10.9 Å². The summed E-state index contributed by atoms with van der Waals surface area (Å²) in [6.45, 7) is 4.39. The molecule has 0 aliphatic heterocycles. The Kier molecular flexibility index (Phi) is 4.06. The monoisotopic (exact) mass is 268 g/mol. The van der Waals surface area contributed by atoms with Crippen LogP contribution >= 0.6 is 11.6 Å². The van der Waals surface area contributed by atoms with Gasteiger partial charge in [0.05, 0.1) is 5.56 Å². The summed E-state index contributed by atoms with van der Waals surface area (Å²) in [6.07, 6.45) is 2.78. The fourth-order valence-corrected chi connectivity index (χ4v) is 2.85. The molecule has 1 saturated carbocycles.